The number of hydrogen-bond acceptors (Lipinski definition) is 6. The minimum atomic E-state index is -0.223. The van der Waals surface area contributed by atoms with E-state index in [1.807, 2.05) is 0 Å². The van der Waals surface area contributed by atoms with Crippen molar-refractivity contribution in [1.82, 2.24) is 19.9 Å². The van der Waals surface area contributed by atoms with Crippen LogP contribution < -0.4 is 0 Å². The van der Waals surface area contributed by atoms with Crippen LogP contribution in [0.25, 0.3) is 0 Å². The summed E-state index contributed by atoms with van der Waals surface area (Å²) in [6.45, 7) is 4.88. The van der Waals surface area contributed by atoms with Gasteiger partial charge in [-0.25, -0.2) is 4.68 Å². The fraction of sp³-hybridized carbons (Fsp3) is 0.412. The van der Waals surface area contributed by atoms with Gasteiger partial charge in [0, 0.05) is 37.3 Å². The molecule has 0 amide bonds. The molecule has 1 aromatic carbocycles. The summed E-state index contributed by atoms with van der Waals surface area (Å²) in [7, 11) is 0. The number of fused-ring (bicyclic) bond motifs is 2. The summed E-state index contributed by atoms with van der Waals surface area (Å²) in [6.07, 6.45) is 0.846. The van der Waals surface area contributed by atoms with Gasteiger partial charge in [0.2, 0.25) is 11.6 Å². The van der Waals surface area contributed by atoms with Gasteiger partial charge in [0.25, 0.3) is 0 Å². The van der Waals surface area contributed by atoms with E-state index in [4.69, 9.17) is 4.74 Å². The first-order valence-corrected chi connectivity index (χ1v) is 8.18. The quantitative estimate of drug-likeness (QED) is 0.705. The van der Waals surface area contributed by atoms with E-state index in [-0.39, 0.29) is 17.3 Å². The zero-order valence-electron chi connectivity index (χ0n) is 13.3. The van der Waals surface area contributed by atoms with E-state index in [1.165, 1.54) is 0 Å². The minimum absolute atomic E-state index is 0.170. The first-order valence-electron chi connectivity index (χ1n) is 8.18. The Morgan fingerprint density at radius 1 is 1.00 bits per heavy atom. The molecule has 1 saturated heterocycles. The number of rotatable bonds is 4. The molecule has 124 valence electrons. The van der Waals surface area contributed by atoms with Crippen LogP contribution in [0.15, 0.2) is 24.3 Å². The molecular weight excluding hydrogens is 308 g/mol. The summed E-state index contributed by atoms with van der Waals surface area (Å²) >= 11 is 0. The van der Waals surface area contributed by atoms with Crippen LogP contribution in [-0.2, 0) is 11.3 Å². The number of ether oxygens (including phenoxy) is 1. The highest BCUT2D eigenvalue weighted by Gasteiger charge is 2.34. The Labute approximate surface area is 139 Å². The Hall–Kier alpha value is -2.38. The van der Waals surface area contributed by atoms with Crippen LogP contribution in [0.5, 0.6) is 0 Å². The van der Waals surface area contributed by atoms with Crippen LogP contribution in [0.2, 0.25) is 0 Å². The second-order valence-electron chi connectivity index (χ2n) is 6.02. The van der Waals surface area contributed by atoms with Gasteiger partial charge >= 0.3 is 0 Å². The first kappa shape index (κ1) is 15.2. The average Bonchev–Trinajstić information content (AvgIpc) is 3.05. The largest absolute Gasteiger partial charge is 0.379 e. The van der Waals surface area contributed by atoms with Crippen LogP contribution >= 0.6 is 0 Å². The second-order valence-corrected chi connectivity index (χ2v) is 6.02. The lowest BCUT2D eigenvalue weighted by Crippen LogP contribution is -2.37. The molecule has 0 bridgehead atoms. The van der Waals surface area contributed by atoms with Crippen molar-refractivity contribution >= 4 is 11.6 Å². The number of carbonyl (C=O) groups excluding carboxylic acids is 2. The van der Waals surface area contributed by atoms with Gasteiger partial charge in [-0.1, -0.05) is 29.5 Å². The third-order valence-electron chi connectivity index (χ3n) is 4.53. The molecule has 1 aliphatic carbocycles. The van der Waals surface area contributed by atoms with Gasteiger partial charge in [-0.2, -0.15) is 0 Å². The normalized spacial score (nSPS) is 17.7. The molecule has 0 spiro atoms. The minimum Gasteiger partial charge on any atom is -0.379 e. The van der Waals surface area contributed by atoms with Crippen LogP contribution in [0, 0.1) is 0 Å². The van der Waals surface area contributed by atoms with E-state index in [0.29, 0.717) is 23.4 Å². The van der Waals surface area contributed by atoms with E-state index in [9.17, 15) is 9.59 Å². The van der Waals surface area contributed by atoms with Crippen molar-refractivity contribution in [3.05, 3.63) is 46.8 Å². The Kier molecular flexibility index (Phi) is 3.95. The Balaban J connectivity index is 1.52. The number of aromatic nitrogens is 3. The Morgan fingerprint density at radius 3 is 2.46 bits per heavy atom. The molecule has 4 rings (SSSR count). The SMILES string of the molecule is O=C1c2ccccc2C(=O)c2c1nnn2CCCN1CCOCC1. The van der Waals surface area contributed by atoms with Gasteiger partial charge in [-0.3, -0.25) is 14.5 Å². The number of nitrogens with zero attached hydrogens (tertiary/aromatic N) is 4. The topological polar surface area (TPSA) is 77.3 Å². The van der Waals surface area contributed by atoms with E-state index < -0.39 is 0 Å². The number of morpholine rings is 1. The van der Waals surface area contributed by atoms with Crippen molar-refractivity contribution in [2.24, 2.45) is 0 Å². The molecule has 0 saturated carbocycles. The zero-order chi connectivity index (χ0) is 16.5. The highest BCUT2D eigenvalue weighted by molar-refractivity contribution is 6.26. The van der Waals surface area contributed by atoms with E-state index >= 15 is 0 Å². The summed E-state index contributed by atoms with van der Waals surface area (Å²) in [5, 5.41) is 8.01. The van der Waals surface area contributed by atoms with Crippen LogP contribution in [0.4, 0.5) is 0 Å². The van der Waals surface area contributed by atoms with Gasteiger partial charge in [0.1, 0.15) is 5.69 Å². The molecule has 2 heterocycles. The molecule has 1 aliphatic heterocycles. The zero-order valence-corrected chi connectivity index (χ0v) is 13.3. The summed E-state index contributed by atoms with van der Waals surface area (Å²) in [6, 6.07) is 6.86. The van der Waals surface area contributed by atoms with Crippen LogP contribution in [-0.4, -0.2) is 64.3 Å². The maximum atomic E-state index is 12.7. The van der Waals surface area contributed by atoms with Crippen LogP contribution in [0.1, 0.15) is 38.5 Å². The average molecular weight is 326 g/mol. The van der Waals surface area contributed by atoms with Crippen molar-refractivity contribution in [3.8, 4) is 0 Å². The number of benzene rings is 1. The standard InChI is InChI=1S/C17H18N4O3/c22-16-12-4-1-2-5-13(12)17(23)15-14(16)18-19-21(15)7-3-6-20-8-10-24-11-9-20/h1-2,4-5H,3,6-11H2. The Morgan fingerprint density at radius 2 is 1.71 bits per heavy atom. The van der Waals surface area contributed by atoms with Crippen molar-refractivity contribution in [3.63, 3.8) is 0 Å². The number of hydrogen-bond donors (Lipinski definition) is 0. The smallest absolute Gasteiger partial charge is 0.216 e. The molecule has 0 radical (unpaired) electrons. The maximum absolute atomic E-state index is 12.7. The highest BCUT2D eigenvalue weighted by Crippen LogP contribution is 2.25. The summed E-state index contributed by atoms with van der Waals surface area (Å²) in [4.78, 5) is 27.5. The number of carbonyl (C=O) groups is 2. The molecule has 24 heavy (non-hydrogen) atoms. The summed E-state index contributed by atoms with van der Waals surface area (Å²) < 4.78 is 6.91. The predicted octanol–water partition coefficient (Wildman–Crippen LogP) is 0.776. The lowest BCUT2D eigenvalue weighted by molar-refractivity contribution is 0.0368. The lowest BCUT2D eigenvalue weighted by Gasteiger charge is -2.26. The molecular formula is C17H18N4O3. The molecule has 7 nitrogen and oxygen atoms in total. The van der Waals surface area contributed by atoms with E-state index in [0.717, 1.165) is 39.3 Å². The van der Waals surface area contributed by atoms with Crippen molar-refractivity contribution < 1.29 is 14.3 Å². The van der Waals surface area contributed by atoms with Gasteiger partial charge in [-0.05, 0) is 6.42 Å². The van der Waals surface area contributed by atoms with Crippen molar-refractivity contribution in [2.75, 3.05) is 32.8 Å². The Bertz CT molecular complexity index is 793. The van der Waals surface area contributed by atoms with Crippen molar-refractivity contribution in [2.45, 2.75) is 13.0 Å². The molecule has 0 atom stereocenters. The molecule has 7 heteroatoms. The van der Waals surface area contributed by atoms with Gasteiger partial charge < -0.3 is 4.74 Å². The molecule has 2 aliphatic rings. The lowest BCUT2D eigenvalue weighted by atomic mass is 9.90. The van der Waals surface area contributed by atoms with E-state index in [1.54, 1.807) is 28.9 Å². The predicted molar refractivity (Wildman–Crippen MR) is 85.2 cm³/mol. The molecule has 2 aromatic rings. The van der Waals surface area contributed by atoms with Crippen LogP contribution in [0.3, 0.4) is 0 Å². The van der Waals surface area contributed by atoms with Gasteiger partial charge in [0.15, 0.2) is 5.69 Å². The summed E-state index contributed by atoms with van der Waals surface area (Å²) in [5.74, 6) is -0.392. The molecule has 0 unspecified atom stereocenters. The fourth-order valence-corrected chi connectivity index (χ4v) is 3.25. The molecule has 1 fully saturated rings. The van der Waals surface area contributed by atoms with Crippen molar-refractivity contribution in [1.29, 1.82) is 0 Å². The second kappa shape index (κ2) is 6.26. The molecule has 1 aromatic heterocycles. The summed E-state index contributed by atoms with van der Waals surface area (Å²) in [5.41, 5.74) is 1.34. The van der Waals surface area contributed by atoms with Gasteiger partial charge in [0.05, 0.1) is 13.2 Å². The maximum Gasteiger partial charge on any atom is 0.216 e. The first-order chi connectivity index (χ1) is 11.8. The number of aryl methyl sites for hydroxylation is 1. The number of ketones is 2. The third-order valence-corrected chi connectivity index (χ3v) is 4.53. The van der Waals surface area contributed by atoms with Gasteiger partial charge in [-0.15, -0.1) is 5.10 Å². The fourth-order valence-electron chi connectivity index (χ4n) is 3.25. The monoisotopic (exact) mass is 326 g/mol. The highest BCUT2D eigenvalue weighted by atomic mass is 16.5. The third kappa shape index (κ3) is 2.55. The van der Waals surface area contributed by atoms with E-state index in [2.05, 4.69) is 15.2 Å². The molecule has 0 N–H and O–H groups in total.